The van der Waals surface area contributed by atoms with E-state index in [0.717, 1.165) is 32.4 Å². The molecule has 21 heavy (non-hydrogen) atoms. The number of hydrogen-bond donors (Lipinski definition) is 0. The third kappa shape index (κ3) is 3.97. The van der Waals surface area contributed by atoms with Crippen LogP contribution in [-0.2, 0) is 9.59 Å². The highest BCUT2D eigenvalue weighted by molar-refractivity contribution is 5.97. The van der Waals surface area contributed by atoms with Crippen LogP contribution in [0.2, 0.25) is 0 Å². The molecule has 2 heterocycles. The van der Waals surface area contributed by atoms with E-state index in [1.54, 1.807) is 22.9 Å². The molecule has 6 nitrogen and oxygen atoms in total. The van der Waals surface area contributed by atoms with Crippen LogP contribution < -0.4 is 0 Å². The maximum atomic E-state index is 12.3. The molecule has 2 rings (SSSR count). The minimum Gasteiger partial charge on any atom is -0.373 e. The Kier molecular flexibility index (Phi) is 5.20. The highest BCUT2D eigenvalue weighted by Gasteiger charge is 2.22. The van der Waals surface area contributed by atoms with E-state index in [9.17, 15) is 14.9 Å². The molecule has 0 aliphatic carbocycles. The lowest BCUT2D eigenvalue weighted by Crippen LogP contribution is -2.46. The van der Waals surface area contributed by atoms with Crippen LogP contribution in [0.1, 0.15) is 26.2 Å². The van der Waals surface area contributed by atoms with Crippen molar-refractivity contribution in [3.8, 4) is 6.07 Å². The number of carbonyl (C=O) groups is 2. The van der Waals surface area contributed by atoms with Crippen molar-refractivity contribution in [2.45, 2.75) is 26.2 Å². The third-order valence-electron chi connectivity index (χ3n) is 4.07. The quantitative estimate of drug-likeness (QED) is 0.551. The van der Waals surface area contributed by atoms with E-state index < -0.39 is 0 Å². The molecule has 0 aromatic heterocycles. The summed E-state index contributed by atoms with van der Waals surface area (Å²) in [5, 5.41) is 9.24. The normalized spacial score (nSPS) is 20.2. The Hall–Kier alpha value is -2.03. The third-order valence-corrected chi connectivity index (χ3v) is 4.07. The lowest BCUT2D eigenvalue weighted by Gasteiger charge is -2.34. The molecule has 0 aromatic carbocycles. The van der Waals surface area contributed by atoms with Gasteiger partial charge in [-0.15, -0.1) is 0 Å². The molecule has 0 aromatic rings. The molecular weight excluding hydrogens is 268 g/mol. The molecule has 2 fully saturated rings. The van der Waals surface area contributed by atoms with Gasteiger partial charge in [0, 0.05) is 52.4 Å². The molecule has 0 spiro atoms. The maximum absolute atomic E-state index is 12.3. The van der Waals surface area contributed by atoms with Crippen molar-refractivity contribution in [1.29, 1.82) is 5.26 Å². The summed E-state index contributed by atoms with van der Waals surface area (Å²) in [5.41, 5.74) is 0.202. The van der Waals surface area contributed by atoms with E-state index in [2.05, 4.69) is 0 Å². The highest BCUT2D eigenvalue weighted by atomic mass is 16.2. The second-order valence-corrected chi connectivity index (χ2v) is 5.55. The van der Waals surface area contributed by atoms with E-state index in [1.165, 1.54) is 0 Å². The Labute approximate surface area is 125 Å². The van der Waals surface area contributed by atoms with Gasteiger partial charge in [0.15, 0.2) is 0 Å². The zero-order valence-electron chi connectivity index (χ0n) is 12.5. The molecule has 0 radical (unpaired) electrons. The molecule has 0 unspecified atom stereocenters. The van der Waals surface area contributed by atoms with Crippen LogP contribution in [0.4, 0.5) is 0 Å². The zero-order valence-corrected chi connectivity index (χ0v) is 12.5. The molecule has 2 saturated heterocycles. The number of piperidine rings is 1. The number of amides is 2. The number of nitrogens with zero attached hydrogens (tertiary/aromatic N) is 4. The summed E-state index contributed by atoms with van der Waals surface area (Å²) in [6, 6.07) is 2.03. The van der Waals surface area contributed by atoms with E-state index >= 15 is 0 Å². The first-order valence-corrected chi connectivity index (χ1v) is 7.52. The van der Waals surface area contributed by atoms with Crippen LogP contribution in [-0.4, -0.2) is 65.8 Å². The molecule has 6 heteroatoms. The minimum absolute atomic E-state index is 0.0727. The first-order chi connectivity index (χ1) is 10.1. The first kappa shape index (κ1) is 15.4. The highest BCUT2D eigenvalue weighted by Crippen LogP contribution is 2.13. The SMILES string of the molecule is CC(=O)N1CCN(/C=C(/C#N)C(=O)N2CCCCC2)CC1. The Morgan fingerprint density at radius 3 is 2.10 bits per heavy atom. The Balaban J connectivity index is 1.96. The van der Waals surface area contributed by atoms with Gasteiger partial charge < -0.3 is 14.7 Å². The summed E-state index contributed by atoms with van der Waals surface area (Å²) in [6.07, 6.45) is 4.85. The van der Waals surface area contributed by atoms with Crippen LogP contribution in [0.5, 0.6) is 0 Å². The van der Waals surface area contributed by atoms with Gasteiger partial charge >= 0.3 is 0 Å². The number of nitriles is 1. The monoisotopic (exact) mass is 290 g/mol. The summed E-state index contributed by atoms with van der Waals surface area (Å²) in [7, 11) is 0. The predicted molar refractivity (Wildman–Crippen MR) is 78.0 cm³/mol. The van der Waals surface area contributed by atoms with Crippen molar-refractivity contribution in [1.82, 2.24) is 14.7 Å². The number of rotatable bonds is 2. The summed E-state index contributed by atoms with van der Waals surface area (Å²) < 4.78 is 0. The van der Waals surface area contributed by atoms with Crippen molar-refractivity contribution < 1.29 is 9.59 Å². The topological polar surface area (TPSA) is 67.6 Å². The number of carbonyl (C=O) groups excluding carboxylic acids is 2. The van der Waals surface area contributed by atoms with E-state index in [1.807, 2.05) is 11.0 Å². The second-order valence-electron chi connectivity index (χ2n) is 5.55. The van der Waals surface area contributed by atoms with Gasteiger partial charge in [-0.3, -0.25) is 9.59 Å². The van der Waals surface area contributed by atoms with Gasteiger partial charge in [0.05, 0.1) is 0 Å². The van der Waals surface area contributed by atoms with Gasteiger partial charge in [0.25, 0.3) is 5.91 Å². The molecule has 2 amide bonds. The van der Waals surface area contributed by atoms with Gasteiger partial charge in [-0.25, -0.2) is 0 Å². The van der Waals surface area contributed by atoms with Crippen LogP contribution >= 0.6 is 0 Å². The largest absolute Gasteiger partial charge is 0.373 e. The lowest BCUT2D eigenvalue weighted by molar-refractivity contribution is -0.130. The van der Waals surface area contributed by atoms with Crippen molar-refractivity contribution in [3.63, 3.8) is 0 Å². The fourth-order valence-electron chi connectivity index (χ4n) is 2.75. The minimum atomic E-state index is -0.161. The van der Waals surface area contributed by atoms with Crippen LogP contribution in [0, 0.1) is 11.3 Å². The molecular formula is C15H22N4O2. The summed E-state index contributed by atoms with van der Waals surface area (Å²) in [6.45, 7) is 5.67. The average molecular weight is 290 g/mol. The van der Waals surface area contributed by atoms with Gasteiger partial charge in [-0.1, -0.05) is 0 Å². The fourth-order valence-corrected chi connectivity index (χ4v) is 2.75. The predicted octanol–water partition coefficient (Wildman–Crippen LogP) is 0.570. The molecule has 114 valence electrons. The standard InChI is InChI=1S/C15H22N4O2/c1-13(20)18-9-7-17(8-10-18)12-14(11-16)15(21)19-5-3-2-4-6-19/h12H,2-10H2,1H3/b14-12-. The lowest BCUT2D eigenvalue weighted by atomic mass is 10.1. The average Bonchev–Trinajstić information content (AvgIpc) is 2.53. The van der Waals surface area contributed by atoms with Crippen molar-refractivity contribution in [2.75, 3.05) is 39.3 Å². The zero-order chi connectivity index (χ0) is 15.2. The van der Waals surface area contributed by atoms with E-state index in [4.69, 9.17) is 0 Å². The Morgan fingerprint density at radius 2 is 1.57 bits per heavy atom. The van der Waals surface area contributed by atoms with Crippen LogP contribution in [0.3, 0.4) is 0 Å². The van der Waals surface area contributed by atoms with Gasteiger partial charge in [-0.05, 0) is 19.3 Å². The van der Waals surface area contributed by atoms with Crippen LogP contribution in [0.15, 0.2) is 11.8 Å². The Morgan fingerprint density at radius 1 is 0.952 bits per heavy atom. The van der Waals surface area contributed by atoms with Crippen molar-refractivity contribution >= 4 is 11.8 Å². The summed E-state index contributed by atoms with van der Waals surface area (Å²) in [4.78, 5) is 29.1. The van der Waals surface area contributed by atoms with Gasteiger partial charge in [-0.2, -0.15) is 5.26 Å². The molecule has 0 atom stereocenters. The van der Waals surface area contributed by atoms with Crippen LogP contribution in [0.25, 0.3) is 0 Å². The molecule has 0 bridgehead atoms. The molecule has 0 saturated carbocycles. The van der Waals surface area contributed by atoms with E-state index in [0.29, 0.717) is 26.2 Å². The molecule has 0 N–H and O–H groups in total. The summed E-state index contributed by atoms with van der Waals surface area (Å²) in [5.74, 6) is -0.0882. The second kappa shape index (κ2) is 7.11. The van der Waals surface area contributed by atoms with E-state index in [-0.39, 0.29) is 17.4 Å². The molecule has 2 aliphatic heterocycles. The Bertz CT molecular complexity index is 467. The fraction of sp³-hybridized carbons (Fsp3) is 0.667. The summed E-state index contributed by atoms with van der Waals surface area (Å²) >= 11 is 0. The number of piperazine rings is 1. The number of likely N-dealkylation sites (tertiary alicyclic amines) is 1. The number of hydrogen-bond acceptors (Lipinski definition) is 4. The van der Waals surface area contributed by atoms with Gasteiger partial charge in [0.1, 0.15) is 11.6 Å². The van der Waals surface area contributed by atoms with Crippen molar-refractivity contribution in [3.05, 3.63) is 11.8 Å². The van der Waals surface area contributed by atoms with Crippen molar-refractivity contribution in [2.24, 2.45) is 0 Å². The van der Waals surface area contributed by atoms with Gasteiger partial charge in [0.2, 0.25) is 5.91 Å². The molecule has 2 aliphatic rings. The smallest absolute Gasteiger partial charge is 0.266 e. The first-order valence-electron chi connectivity index (χ1n) is 7.52. The maximum Gasteiger partial charge on any atom is 0.266 e.